The molecule has 6 rings (SSSR count). The van der Waals surface area contributed by atoms with Crippen molar-refractivity contribution >= 4 is 12.1 Å². The van der Waals surface area contributed by atoms with Gasteiger partial charge in [-0.05, 0) is 0 Å². The third kappa shape index (κ3) is 7.19. The van der Waals surface area contributed by atoms with Gasteiger partial charge in [-0.2, -0.15) is 0 Å². The van der Waals surface area contributed by atoms with E-state index in [2.05, 4.69) is 180 Å². The Hall–Kier alpha value is -2.31. The first-order chi connectivity index (χ1) is 23.1. The second-order valence-corrected chi connectivity index (χ2v) is 20.5. The van der Waals surface area contributed by atoms with Gasteiger partial charge in [0.15, 0.2) is 0 Å². The number of fused-ring (bicyclic) bond motifs is 2. The molecule has 0 radical (unpaired) electrons. The molecule has 3 aromatic carbocycles. The molecule has 0 saturated carbocycles. The molecular formula is C48H57Cl2Zr. The van der Waals surface area contributed by atoms with Crippen LogP contribution in [-0.2, 0) is 28.2 Å². The minimum Gasteiger partial charge on any atom is -1.00 e. The molecule has 0 saturated heterocycles. The topological polar surface area (TPSA) is 0 Å². The number of hydrogen-bond acceptors (Lipinski definition) is 0. The molecule has 0 N–H and O–H groups in total. The van der Waals surface area contributed by atoms with Gasteiger partial charge in [-0.3, -0.25) is 0 Å². The van der Waals surface area contributed by atoms with E-state index in [0.29, 0.717) is 17.8 Å². The second-order valence-electron chi connectivity index (χ2n) is 17.5. The molecule has 0 spiro atoms. The van der Waals surface area contributed by atoms with Crippen LogP contribution < -0.4 is 35.3 Å². The summed E-state index contributed by atoms with van der Waals surface area (Å²) in [7, 11) is 0. The van der Waals surface area contributed by atoms with Crippen LogP contribution in [0.4, 0.5) is 0 Å². The van der Waals surface area contributed by atoms with Crippen LogP contribution in [-0.4, -0.2) is 3.21 Å². The molecule has 0 amide bonds. The summed E-state index contributed by atoms with van der Waals surface area (Å²) in [4.78, 5) is 0. The minimum atomic E-state index is -1.42. The molecule has 51 heavy (non-hydrogen) atoms. The van der Waals surface area contributed by atoms with Crippen LogP contribution in [0.25, 0.3) is 8.85 Å². The summed E-state index contributed by atoms with van der Waals surface area (Å²) >= 11 is -1.42. The summed E-state index contributed by atoms with van der Waals surface area (Å²) in [6.45, 7) is 29.4. The predicted molar refractivity (Wildman–Crippen MR) is 210 cm³/mol. The molecule has 1 unspecified atom stereocenters. The van der Waals surface area contributed by atoms with Crippen molar-refractivity contribution in [2.24, 2.45) is 22.7 Å². The van der Waals surface area contributed by atoms with Crippen molar-refractivity contribution < 1.29 is 47.6 Å². The summed E-state index contributed by atoms with van der Waals surface area (Å²) in [5.74, 6) is 1.29. The largest absolute Gasteiger partial charge is 1.00 e. The number of benzene rings is 3. The average molecular weight is 796 g/mol. The van der Waals surface area contributed by atoms with Crippen LogP contribution in [0, 0.1) is 22.7 Å². The van der Waals surface area contributed by atoms with E-state index in [0.717, 1.165) is 6.42 Å². The predicted octanol–water partition coefficient (Wildman–Crippen LogP) is 5.21. The van der Waals surface area contributed by atoms with E-state index in [4.69, 9.17) is 0 Å². The van der Waals surface area contributed by atoms with E-state index >= 15 is 0 Å². The fourth-order valence-corrected chi connectivity index (χ4v) is 13.1. The van der Waals surface area contributed by atoms with Crippen LogP contribution >= 0.6 is 0 Å². The molecule has 0 heterocycles. The number of allylic oxidation sites excluding steroid dienone is 8. The Bertz CT molecular complexity index is 2010. The number of rotatable bonds is 7. The molecule has 267 valence electrons. The van der Waals surface area contributed by atoms with Crippen molar-refractivity contribution in [1.82, 2.24) is 0 Å². The first-order valence-electron chi connectivity index (χ1n) is 18.6. The first-order valence-corrected chi connectivity index (χ1v) is 21.1. The maximum Gasteiger partial charge on any atom is -1.00 e. The van der Waals surface area contributed by atoms with E-state index in [-0.39, 0.29) is 41.1 Å². The summed E-state index contributed by atoms with van der Waals surface area (Å²) < 4.78 is 3.23. The quantitative estimate of drug-likeness (QED) is 0.309. The van der Waals surface area contributed by atoms with Crippen LogP contribution in [0.15, 0.2) is 119 Å². The van der Waals surface area contributed by atoms with Gasteiger partial charge < -0.3 is 24.8 Å². The number of hydrogen-bond donors (Lipinski definition) is 0. The van der Waals surface area contributed by atoms with Gasteiger partial charge in [-0.1, -0.05) is 0 Å². The van der Waals surface area contributed by atoms with E-state index in [1.807, 2.05) is 0 Å². The molecule has 0 aliphatic heterocycles. The molecular weight excluding hydrogens is 739 g/mol. The van der Waals surface area contributed by atoms with Gasteiger partial charge in [0.05, 0.1) is 0 Å². The maximum absolute atomic E-state index is 2.72. The van der Waals surface area contributed by atoms with Gasteiger partial charge >= 0.3 is 310 Å². The third-order valence-corrected chi connectivity index (χ3v) is 15.2. The van der Waals surface area contributed by atoms with E-state index in [1.165, 1.54) is 43.8 Å². The zero-order chi connectivity index (χ0) is 35.5. The molecule has 1 atom stereocenters. The monoisotopic (exact) mass is 793 g/mol. The fraction of sp³-hybridized carbons (Fsp3) is 0.396. The van der Waals surface area contributed by atoms with Crippen LogP contribution in [0.2, 0.25) is 0 Å². The van der Waals surface area contributed by atoms with Crippen LogP contribution in [0.3, 0.4) is 0 Å². The first kappa shape index (κ1) is 41.4. The van der Waals surface area contributed by atoms with Crippen LogP contribution in [0.5, 0.6) is 0 Å². The second kappa shape index (κ2) is 15.6. The molecule has 3 aliphatic rings. The molecule has 3 aliphatic carbocycles. The van der Waals surface area contributed by atoms with Gasteiger partial charge in [0, 0.05) is 0 Å². The Morgan fingerprint density at radius 3 is 1.75 bits per heavy atom. The van der Waals surface area contributed by atoms with Gasteiger partial charge in [0.2, 0.25) is 0 Å². The van der Waals surface area contributed by atoms with Gasteiger partial charge in [-0.15, -0.1) is 0 Å². The Balaban J connectivity index is 0.00000292. The van der Waals surface area contributed by atoms with Crippen molar-refractivity contribution in [3.8, 4) is 0 Å². The van der Waals surface area contributed by atoms with Crippen molar-refractivity contribution in [3.05, 3.63) is 152 Å². The van der Waals surface area contributed by atoms with Gasteiger partial charge in [0.25, 0.3) is 0 Å². The molecule has 0 fully saturated rings. The Kier molecular flexibility index (Phi) is 12.7. The van der Waals surface area contributed by atoms with Crippen molar-refractivity contribution in [2.45, 2.75) is 101 Å². The number of halogens is 2. The molecule has 0 bridgehead atoms. The average Bonchev–Trinajstić information content (AvgIpc) is 3.68. The molecule has 0 aromatic heterocycles. The normalized spacial score (nSPS) is 18.3. The SMILES string of the molecule is CC(C)C1=CC2=c3c(C(C)C)cc(C(C)(C)C)cc3=[C]([Zr+2]=[C](c3ccccc3)c3ccccc3)C2=C(C2=CC=CC2)C1(C(C)C)C(C)(C)C.[Cl-].[Cl-]. The van der Waals surface area contributed by atoms with Gasteiger partial charge in [0.1, 0.15) is 0 Å². The molecule has 3 aromatic rings. The van der Waals surface area contributed by atoms with Crippen molar-refractivity contribution in [3.63, 3.8) is 0 Å². The van der Waals surface area contributed by atoms with E-state index < -0.39 is 22.8 Å². The van der Waals surface area contributed by atoms with Crippen molar-refractivity contribution in [1.29, 1.82) is 0 Å². The Labute approximate surface area is 332 Å². The smallest absolute Gasteiger partial charge is 1.00 e. The summed E-state index contributed by atoms with van der Waals surface area (Å²) in [5, 5.41) is 3.04. The van der Waals surface area contributed by atoms with Crippen molar-refractivity contribution in [2.75, 3.05) is 0 Å². The molecule has 0 nitrogen and oxygen atoms in total. The Morgan fingerprint density at radius 1 is 0.745 bits per heavy atom. The minimum absolute atomic E-state index is 0. The van der Waals surface area contributed by atoms with Gasteiger partial charge in [-0.25, -0.2) is 0 Å². The zero-order valence-electron chi connectivity index (χ0n) is 32.9. The standard InChI is InChI=1S/C35H47.C13H10.2ClH.Zr/c1-21(2)27-19-26(33(7,8)9)17-25-18-29-28(31(25)27)20-30(22(3)4)35(23(5)6,34(10,11)12)32(29)24-15-13-14-16-24;1-3-7-12(8-4-1)11-13-9-5-2-6-10-13;;;/h13-15,17,19-23H,16H2,1-12H3;1-10H;2*1H;/q;;;;+2/p-2. The van der Waals surface area contributed by atoms with Crippen LogP contribution in [0.1, 0.15) is 118 Å². The fourth-order valence-electron chi connectivity index (χ4n) is 9.20. The Morgan fingerprint density at radius 2 is 1.31 bits per heavy atom. The van der Waals surface area contributed by atoms with E-state index in [1.54, 1.807) is 23.2 Å². The zero-order valence-corrected chi connectivity index (χ0v) is 36.9. The van der Waals surface area contributed by atoms with E-state index in [9.17, 15) is 0 Å². The summed E-state index contributed by atoms with van der Waals surface area (Å²) in [5.41, 5.74) is 13.5. The molecule has 3 heteroatoms. The third-order valence-electron chi connectivity index (χ3n) is 11.3. The summed E-state index contributed by atoms with van der Waals surface area (Å²) in [6, 6.07) is 27.8. The maximum atomic E-state index is 2.72. The summed E-state index contributed by atoms with van der Waals surface area (Å²) in [6.07, 6.45) is 10.9.